The lowest BCUT2D eigenvalue weighted by atomic mass is 9.99. The monoisotopic (exact) mass is 269 g/mol. The van der Waals surface area contributed by atoms with Crippen LogP contribution >= 0.6 is 0 Å². The van der Waals surface area contributed by atoms with Gasteiger partial charge in [0.05, 0.1) is 25.4 Å². The molecule has 1 N–H and O–H groups in total. The molecule has 0 radical (unpaired) electrons. The van der Waals surface area contributed by atoms with Crippen LogP contribution < -0.4 is 5.32 Å². The van der Waals surface area contributed by atoms with E-state index in [2.05, 4.69) is 31.0 Å². The van der Waals surface area contributed by atoms with E-state index in [1.54, 1.807) is 0 Å². The van der Waals surface area contributed by atoms with E-state index in [-0.39, 0.29) is 18.1 Å². The number of nitrogens with one attached hydrogen (secondary N) is 1. The van der Waals surface area contributed by atoms with Gasteiger partial charge in [0.2, 0.25) is 5.91 Å². The van der Waals surface area contributed by atoms with Gasteiger partial charge in [-0.05, 0) is 12.5 Å². The summed E-state index contributed by atoms with van der Waals surface area (Å²) < 4.78 is 5.78. The highest BCUT2D eigenvalue weighted by Gasteiger charge is 2.35. The summed E-state index contributed by atoms with van der Waals surface area (Å²) >= 11 is 0. The number of morpholine rings is 1. The van der Waals surface area contributed by atoms with Crippen molar-refractivity contribution in [2.24, 2.45) is 5.92 Å². The molecule has 2 heterocycles. The summed E-state index contributed by atoms with van der Waals surface area (Å²) in [7, 11) is 0. The van der Waals surface area contributed by atoms with Crippen molar-refractivity contribution in [1.82, 2.24) is 15.1 Å². The van der Waals surface area contributed by atoms with Crippen molar-refractivity contribution in [3.05, 3.63) is 0 Å². The zero-order valence-corrected chi connectivity index (χ0v) is 12.4. The topological polar surface area (TPSA) is 44.8 Å². The Morgan fingerprint density at radius 3 is 2.95 bits per heavy atom. The maximum atomic E-state index is 12.3. The SMILES string of the molecule is CCC(C)C1NCN(CC2CN(CC)CCO2)C1=O. The van der Waals surface area contributed by atoms with Crippen LogP contribution in [-0.4, -0.2) is 67.3 Å². The number of rotatable bonds is 5. The Bertz CT molecular complexity index is 311. The summed E-state index contributed by atoms with van der Waals surface area (Å²) in [5.74, 6) is 0.642. The van der Waals surface area contributed by atoms with Gasteiger partial charge < -0.3 is 9.64 Å². The number of amides is 1. The molecule has 0 aliphatic carbocycles. The van der Waals surface area contributed by atoms with Crippen LogP contribution in [-0.2, 0) is 9.53 Å². The number of nitrogens with zero attached hydrogens (tertiary/aromatic N) is 2. The molecule has 110 valence electrons. The van der Waals surface area contributed by atoms with Crippen LogP contribution in [0.15, 0.2) is 0 Å². The Morgan fingerprint density at radius 1 is 1.47 bits per heavy atom. The minimum absolute atomic E-state index is 0.00383. The second-order valence-corrected chi connectivity index (χ2v) is 5.67. The van der Waals surface area contributed by atoms with Crippen LogP contribution in [0.4, 0.5) is 0 Å². The van der Waals surface area contributed by atoms with Gasteiger partial charge in [-0.15, -0.1) is 0 Å². The second kappa shape index (κ2) is 6.68. The quantitative estimate of drug-likeness (QED) is 0.790. The molecule has 0 aromatic carbocycles. The van der Waals surface area contributed by atoms with Crippen molar-refractivity contribution in [3.63, 3.8) is 0 Å². The normalized spacial score (nSPS) is 30.9. The van der Waals surface area contributed by atoms with Crippen molar-refractivity contribution in [3.8, 4) is 0 Å². The summed E-state index contributed by atoms with van der Waals surface area (Å²) in [5.41, 5.74) is 0. The first-order valence-electron chi connectivity index (χ1n) is 7.51. The summed E-state index contributed by atoms with van der Waals surface area (Å²) in [6, 6.07) is -0.00383. The molecular formula is C14H27N3O2. The molecule has 0 aromatic rings. The number of ether oxygens (including phenoxy) is 1. The first-order valence-corrected chi connectivity index (χ1v) is 7.51. The van der Waals surface area contributed by atoms with E-state index in [4.69, 9.17) is 4.74 Å². The van der Waals surface area contributed by atoms with Gasteiger partial charge in [0.15, 0.2) is 0 Å². The Kier molecular flexibility index (Phi) is 5.19. The average Bonchev–Trinajstić information content (AvgIpc) is 2.80. The molecule has 0 spiro atoms. The lowest BCUT2D eigenvalue weighted by Gasteiger charge is -2.34. The lowest BCUT2D eigenvalue weighted by Crippen LogP contribution is -2.48. The lowest BCUT2D eigenvalue weighted by molar-refractivity contribution is -0.132. The zero-order chi connectivity index (χ0) is 13.8. The predicted molar refractivity (Wildman–Crippen MR) is 74.8 cm³/mol. The highest BCUT2D eigenvalue weighted by molar-refractivity contribution is 5.84. The van der Waals surface area contributed by atoms with Crippen molar-refractivity contribution in [2.45, 2.75) is 39.3 Å². The smallest absolute Gasteiger partial charge is 0.241 e. The Hall–Kier alpha value is -0.650. The minimum Gasteiger partial charge on any atom is -0.374 e. The van der Waals surface area contributed by atoms with E-state index >= 15 is 0 Å². The van der Waals surface area contributed by atoms with Gasteiger partial charge in [0, 0.05) is 19.6 Å². The highest BCUT2D eigenvalue weighted by Crippen LogP contribution is 2.16. The van der Waals surface area contributed by atoms with Gasteiger partial charge in [-0.3, -0.25) is 15.0 Å². The maximum Gasteiger partial charge on any atom is 0.241 e. The van der Waals surface area contributed by atoms with Gasteiger partial charge in [-0.2, -0.15) is 0 Å². The fourth-order valence-electron chi connectivity index (χ4n) is 2.83. The van der Waals surface area contributed by atoms with Gasteiger partial charge in [-0.1, -0.05) is 27.2 Å². The van der Waals surface area contributed by atoms with Gasteiger partial charge in [0.25, 0.3) is 0 Å². The molecule has 0 bridgehead atoms. The van der Waals surface area contributed by atoms with Crippen molar-refractivity contribution < 1.29 is 9.53 Å². The molecule has 0 aromatic heterocycles. The number of hydrogen-bond acceptors (Lipinski definition) is 4. The van der Waals surface area contributed by atoms with E-state index in [0.29, 0.717) is 12.6 Å². The first kappa shape index (κ1) is 14.8. The van der Waals surface area contributed by atoms with Crippen molar-refractivity contribution in [1.29, 1.82) is 0 Å². The minimum atomic E-state index is -0.00383. The maximum absolute atomic E-state index is 12.3. The van der Waals surface area contributed by atoms with Crippen LogP contribution in [0.2, 0.25) is 0 Å². The summed E-state index contributed by atoms with van der Waals surface area (Å²) in [4.78, 5) is 16.6. The molecule has 2 aliphatic rings. The standard InChI is InChI=1S/C14H27N3O2/c1-4-11(3)13-14(18)17(10-15-13)9-12-8-16(5-2)6-7-19-12/h11-13,15H,4-10H2,1-3H3. The van der Waals surface area contributed by atoms with Crippen molar-refractivity contribution >= 4 is 5.91 Å². The molecule has 2 fully saturated rings. The highest BCUT2D eigenvalue weighted by atomic mass is 16.5. The summed E-state index contributed by atoms with van der Waals surface area (Å²) in [5, 5.41) is 3.33. The van der Waals surface area contributed by atoms with E-state index in [9.17, 15) is 4.79 Å². The molecular weight excluding hydrogens is 242 g/mol. The third-order valence-electron chi connectivity index (χ3n) is 4.39. The van der Waals surface area contributed by atoms with Crippen LogP contribution in [0.5, 0.6) is 0 Å². The van der Waals surface area contributed by atoms with E-state index in [0.717, 1.165) is 39.2 Å². The number of carbonyl (C=O) groups excluding carboxylic acids is 1. The van der Waals surface area contributed by atoms with Crippen LogP contribution in [0.25, 0.3) is 0 Å². The first-order chi connectivity index (χ1) is 9.15. The van der Waals surface area contributed by atoms with Crippen LogP contribution in [0.1, 0.15) is 27.2 Å². The van der Waals surface area contributed by atoms with E-state index < -0.39 is 0 Å². The molecule has 1 amide bonds. The molecule has 3 unspecified atom stereocenters. The van der Waals surface area contributed by atoms with Gasteiger partial charge in [0.1, 0.15) is 0 Å². The Balaban J connectivity index is 1.85. The molecule has 2 saturated heterocycles. The van der Waals surface area contributed by atoms with Gasteiger partial charge in [-0.25, -0.2) is 0 Å². The molecule has 0 saturated carbocycles. The molecule has 3 atom stereocenters. The molecule has 5 heteroatoms. The predicted octanol–water partition coefficient (Wildman–Crippen LogP) is 0.511. The third-order valence-corrected chi connectivity index (χ3v) is 4.39. The van der Waals surface area contributed by atoms with Crippen LogP contribution in [0, 0.1) is 5.92 Å². The largest absolute Gasteiger partial charge is 0.374 e. The molecule has 19 heavy (non-hydrogen) atoms. The summed E-state index contributed by atoms with van der Waals surface area (Å²) in [6.45, 7) is 11.6. The summed E-state index contributed by atoms with van der Waals surface area (Å²) in [6.07, 6.45) is 1.19. The van der Waals surface area contributed by atoms with E-state index in [1.165, 1.54) is 0 Å². The Morgan fingerprint density at radius 2 is 2.26 bits per heavy atom. The number of hydrogen-bond donors (Lipinski definition) is 1. The third kappa shape index (κ3) is 3.46. The fourth-order valence-corrected chi connectivity index (χ4v) is 2.83. The van der Waals surface area contributed by atoms with E-state index in [1.807, 2.05) is 4.90 Å². The molecule has 2 aliphatic heterocycles. The number of carbonyl (C=O) groups is 1. The molecule has 5 nitrogen and oxygen atoms in total. The van der Waals surface area contributed by atoms with Gasteiger partial charge >= 0.3 is 0 Å². The van der Waals surface area contributed by atoms with Crippen molar-refractivity contribution in [2.75, 3.05) is 39.5 Å². The molecule has 2 rings (SSSR count). The number of likely N-dealkylation sites (N-methyl/N-ethyl adjacent to an activating group) is 1. The fraction of sp³-hybridized carbons (Fsp3) is 0.929. The zero-order valence-electron chi connectivity index (χ0n) is 12.4. The average molecular weight is 269 g/mol. The second-order valence-electron chi connectivity index (χ2n) is 5.67. The Labute approximate surface area is 116 Å². The van der Waals surface area contributed by atoms with Crippen LogP contribution in [0.3, 0.4) is 0 Å².